The number of imide groups is 1. The van der Waals surface area contributed by atoms with Crippen LogP contribution in [-0.4, -0.2) is 132 Å². The normalized spacial score (nSPS) is 18.3. The van der Waals surface area contributed by atoms with Crippen LogP contribution in [0.2, 0.25) is 0 Å². The fraction of sp³-hybridized carbons (Fsp3) is 0.683. The number of H-pyrrole nitrogens is 1. The summed E-state index contributed by atoms with van der Waals surface area (Å²) in [6, 6.07) is 7.13. The van der Waals surface area contributed by atoms with E-state index in [1.807, 2.05) is 56.1 Å². The summed E-state index contributed by atoms with van der Waals surface area (Å²) in [5.74, 6) is -2.59. The lowest BCUT2D eigenvalue weighted by atomic mass is 9.87. The molecule has 5 N–H and O–H groups in total. The second-order valence-corrected chi connectivity index (χ2v) is 16.1. The van der Waals surface area contributed by atoms with Crippen molar-refractivity contribution in [3.05, 3.63) is 47.8 Å². The highest BCUT2D eigenvalue weighted by atomic mass is 16.5. The summed E-state index contributed by atoms with van der Waals surface area (Å²) in [4.78, 5) is 72.1. The molecule has 318 valence electrons. The fourth-order valence-electron chi connectivity index (χ4n) is 7.76. The minimum atomic E-state index is -0.949. The van der Waals surface area contributed by atoms with Crippen molar-refractivity contribution in [2.24, 2.45) is 17.8 Å². The highest BCUT2D eigenvalue weighted by molar-refractivity contribution is 6.01. The van der Waals surface area contributed by atoms with E-state index in [0.29, 0.717) is 18.7 Å². The predicted molar refractivity (Wildman–Crippen MR) is 216 cm³/mol. The van der Waals surface area contributed by atoms with Crippen LogP contribution in [0.15, 0.2) is 36.5 Å². The molecule has 0 bridgehead atoms. The number of rotatable bonds is 22. The highest BCUT2D eigenvalue weighted by Gasteiger charge is 2.44. The average Bonchev–Trinajstić information content (AvgIpc) is 3.90. The second-order valence-electron chi connectivity index (χ2n) is 16.1. The number of aromatic nitrogens is 3. The molecule has 0 radical (unpaired) electrons. The summed E-state index contributed by atoms with van der Waals surface area (Å²) in [6.07, 6.45) is 2.69. The number of carbonyl (C=O) groups is 5. The second kappa shape index (κ2) is 22.0. The largest absolute Gasteiger partial charge is 0.379 e. The lowest BCUT2D eigenvalue weighted by Gasteiger charge is -2.43. The molecule has 5 amide bonds. The van der Waals surface area contributed by atoms with Gasteiger partial charge in [-0.05, 0) is 58.2 Å². The van der Waals surface area contributed by atoms with Crippen LogP contribution in [0.25, 0.3) is 0 Å². The molecule has 1 aliphatic rings. The molecule has 0 aliphatic carbocycles. The summed E-state index contributed by atoms with van der Waals surface area (Å²) in [5, 5.41) is 21.6. The summed E-state index contributed by atoms with van der Waals surface area (Å²) in [6.45, 7) is 13.8. The molecule has 8 atom stereocenters. The first-order valence-electron chi connectivity index (χ1n) is 20.1. The molecular weight excluding hydrogens is 731 g/mol. The van der Waals surface area contributed by atoms with Gasteiger partial charge in [-0.3, -0.25) is 34.2 Å². The minimum Gasteiger partial charge on any atom is -0.379 e. The van der Waals surface area contributed by atoms with Gasteiger partial charge in [0.15, 0.2) is 0 Å². The van der Waals surface area contributed by atoms with E-state index in [9.17, 15) is 24.0 Å². The maximum atomic E-state index is 14.3. The molecule has 2 aromatic rings. The van der Waals surface area contributed by atoms with E-state index >= 15 is 0 Å². The standard InChI is InChI=1S/C41H67N9O7/c1-12-26(4)35(49(9)34(25(2)3)39(54)46-40(55)41(6,7)42-8)32(56-10)22-33(51)50-20-16-19-31(50)36(57-11)27(5)37(52)45-30(21-28-17-14-13-15-18-28)38(53)43-23-29-24-44-48-47-29/h13-15,17-18,24-27,30-32,34-36,42H,12,16,19-23H2,1-11H3,(H,43,53)(H,45,52)(H,44,47,48)(H,46,54,55)/t26-,27+,30-,31-,32+,34-,35-,36+/m0/s1. The summed E-state index contributed by atoms with van der Waals surface area (Å²) >= 11 is 0. The maximum absolute atomic E-state index is 14.3. The molecule has 0 saturated carbocycles. The first-order chi connectivity index (χ1) is 27.0. The van der Waals surface area contributed by atoms with Crippen molar-refractivity contribution in [3.63, 3.8) is 0 Å². The van der Waals surface area contributed by atoms with Gasteiger partial charge in [-0.15, -0.1) is 0 Å². The number of nitrogens with one attached hydrogen (secondary N) is 5. The van der Waals surface area contributed by atoms with E-state index in [0.717, 1.165) is 18.4 Å². The van der Waals surface area contributed by atoms with E-state index in [4.69, 9.17) is 9.47 Å². The Bertz CT molecular complexity index is 1590. The van der Waals surface area contributed by atoms with Crippen molar-refractivity contribution in [1.29, 1.82) is 0 Å². The van der Waals surface area contributed by atoms with E-state index in [-0.39, 0.29) is 55.0 Å². The number of amides is 5. The zero-order chi connectivity index (χ0) is 42.4. The third-order valence-electron chi connectivity index (χ3n) is 11.5. The van der Waals surface area contributed by atoms with Crippen LogP contribution in [0.5, 0.6) is 0 Å². The van der Waals surface area contributed by atoms with Crippen LogP contribution < -0.4 is 21.3 Å². The van der Waals surface area contributed by atoms with Crippen LogP contribution in [0.4, 0.5) is 0 Å². The Morgan fingerprint density at radius 3 is 2.26 bits per heavy atom. The lowest BCUT2D eigenvalue weighted by molar-refractivity contribution is -0.144. The summed E-state index contributed by atoms with van der Waals surface area (Å²) < 4.78 is 12.1. The first kappa shape index (κ1) is 47.1. The molecule has 1 saturated heterocycles. The zero-order valence-corrected chi connectivity index (χ0v) is 35.8. The van der Waals surface area contributed by atoms with Gasteiger partial charge in [0, 0.05) is 33.2 Å². The molecule has 16 heteroatoms. The van der Waals surface area contributed by atoms with Gasteiger partial charge >= 0.3 is 0 Å². The Balaban J connectivity index is 1.79. The number of carbonyl (C=O) groups excluding carboxylic acids is 5. The predicted octanol–water partition coefficient (Wildman–Crippen LogP) is 2.21. The Morgan fingerprint density at radius 2 is 1.70 bits per heavy atom. The molecule has 1 aromatic heterocycles. The first-order valence-corrected chi connectivity index (χ1v) is 20.1. The third kappa shape index (κ3) is 12.6. The number of benzene rings is 1. The van der Waals surface area contributed by atoms with Crippen LogP contribution >= 0.6 is 0 Å². The van der Waals surface area contributed by atoms with Crippen molar-refractivity contribution in [1.82, 2.24) is 46.5 Å². The summed E-state index contributed by atoms with van der Waals surface area (Å²) in [5.41, 5.74) is 0.481. The van der Waals surface area contributed by atoms with Crippen molar-refractivity contribution in [2.45, 2.75) is 129 Å². The van der Waals surface area contributed by atoms with Gasteiger partial charge in [0.25, 0.3) is 0 Å². The zero-order valence-electron chi connectivity index (χ0n) is 35.8. The highest BCUT2D eigenvalue weighted by Crippen LogP contribution is 2.30. The molecular formula is C41H67N9O7. The topological polar surface area (TPSA) is 200 Å². The smallest absolute Gasteiger partial charge is 0.246 e. The molecule has 1 aromatic carbocycles. The number of nitrogens with zero attached hydrogens (tertiary/aromatic N) is 4. The van der Waals surface area contributed by atoms with Crippen molar-refractivity contribution in [3.8, 4) is 0 Å². The molecule has 0 spiro atoms. The number of methoxy groups -OCH3 is 2. The Kier molecular flexibility index (Phi) is 18.2. The number of aromatic amines is 1. The van der Waals surface area contributed by atoms with Gasteiger partial charge < -0.3 is 30.3 Å². The molecule has 57 heavy (non-hydrogen) atoms. The van der Waals surface area contributed by atoms with Crippen LogP contribution in [0.1, 0.15) is 85.4 Å². The number of likely N-dealkylation sites (N-methyl/N-ethyl adjacent to an activating group) is 2. The Hall–Kier alpha value is -4.25. The van der Waals surface area contributed by atoms with Gasteiger partial charge in [-0.25, -0.2) is 0 Å². The van der Waals surface area contributed by atoms with Gasteiger partial charge in [-0.1, -0.05) is 71.4 Å². The van der Waals surface area contributed by atoms with Crippen molar-refractivity contribution in [2.75, 3.05) is 34.9 Å². The number of ether oxygens (including phenoxy) is 2. The van der Waals surface area contributed by atoms with Gasteiger partial charge in [-0.2, -0.15) is 15.4 Å². The monoisotopic (exact) mass is 798 g/mol. The van der Waals surface area contributed by atoms with E-state index < -0.39 is 53.6 Å². The molecule has 16 nitrogen and oxygen atoms in total. The van der Waals surface area contributed by atoms with Gasteiger partial charge in [0.1, 0.15) is 11.7 Å². The number of likely N-dealkylation sites (tertiary alicyclic amines) is 1. The SMILES string of the molecule is CC[C@H](C)[C@@H]([C@@H](CC(=O)N1CCC[C@H]1[C@H](OC)[C@@H](C)C(=O)N[C@@H](Cc1ccccc1)C(=O)NCc1cn[nH]n1)OC)N(C)[C@H](C(=O)NC(=O)C(C)(C)NC)C(C)C. The number of hydrogen-bond donors (Lipinski definition) is 5. The van der Waals surface area contributed by atoms with E-state index in [1.165, 1.54) is 13.3 Å². The molecule has 3 rings (SSSR count). The van der Waals surface area contributed by atoms with Crippen molar-refractivity contribution >= 4 is 29.5 Å². The maximum Gasteiger partial charge on any atom is 0.246 e. The Labute approximate surface area is 338 Å². The van der Waals surface area contributed by atoms with Crippen LogP contribution in [0.3, 0.4) is 0 Å². The molecule has 1 aliphatic heterocycles. The van der Waals surface area contributed by atoms with Crippen LogP contribution in [-0.2, 0) is 46.4 Å². The van der Waals surface area contributed by atoms with Gasteiger partial charge in [0.05, 0.1) is 54.9 Å². The molecule has 1 fully saturated rings. The van der Waals surface area contributed by atoms with Gasteiger partial charge in [0.2, 0.25) is 29.5 Å². The lowest BCUT2D eigenvalue weighted by Crippen LogP contribution is -2.61. The van der Waals surface area contributed by atoms with Crippen molar-refractivity contribution < 1.29 is 33.4 Å². The molecule has 2 heterocycles. The Morgan fingerprint density at radius 1 is 1.02 bits per heavy atom. The quantitative estimate of drug-likeness (QED) is 0.117. The fourth-order valence-corrected chi connectivity index (χ4v) is 7.76. The van der Waals surface area contributed by atoms with E-state index in [1.54, 1.807) is 39.8 Å². The molecule has 0 unspecified atom stereocenters. The summed E-state index contributed by atoms with van der Waals surface area (Å²) in [7, 11) is 6.62. The average molecular weight is 798 g/mol. The minimum absolute atomic E-state index is 0.0213. The third-order valence-corrected chi connectivity index (χ3v) is 11.5. The number of hydrogen-bond acceptors (Lipinski definition) is 11. The van der Waals surface area contributed by atoms with E-state index in [2.05, 4.69) is 50.5 Å². The van der Waals surface area contributed by atoms with Crippen LogP contribution in [0, 0.1) is 17.8 Å².